The molecule has 0 heterocycles. The summed E-state index contributed by atoms with van der Waals surface area (Å²) in [6.07, 6.45) is 0.164. The SMILES string of the molecule is O=C(NCCCCCCCCO)C(F)(F)F. The topological polar surface area (TPSA) is 49.3 Å². The molecule has 96 valence electrons. The maximum atomic E-state index is 11.7. The van der Waals surface area contributed by atoms with E-state index in [4.69, 9.17) is 5.11 Å². The molecule has 0 bridgehead atoms. The highest BCUT2D eigenvalue weighted by Crippen LogP contribution is 2.14. The van der Waals surface area contributed by atoms with E-state index in [0.29, 0.717) is 6.42 Å². The lowest BCUT2D eigenvalue weighted by atomic mass is 10.1. The van der Waals surface area contributed by atoms with Crippen molar-refractivity contribution in [3.05, 3.63) is 0 Å². The summed E-state index contributed by atoms with van der Waals surface area (Å²) in [7, 11) is 0. The Morgan fingerprint density at radius 2 is 1.50 bits per heavy atom. The van der Waals surface area contributed by atoms with Crippen LogP contribution in [0.25, 0.3) is 0 Å². The van der Waals surface area contributed by atoms with E-state index in [1.54, 1.807) is 0 Å². The van der Waals surface area contributed by atoms with Gasteiger partial charge >= 0.3 is 12.1 Å². The summed E-state index contributed by atoms with van der Waals surface area (Å²) < 4.78 is 35.2. The number of halogens is 3. The van der Waals surface area contributed by atoms with Gasteiger partial charge in [-0.1, -0.05) is 25.7 Å². The van der Waals surface area contributed by atoms with Crippen LogP contribution in [0, 0.1) is 0 Å². The Labute approximate surface area is 93.0 Å². The fraction of sp³-hybridized carbons (Fsp3) is 0.900. The molecule has 0 spiro atoms. The number of hydrogen-bond acceptors (Lipinski definition) is 2. The molecule has 0 aromatic rings. The largest absolute Gasteiger partial charge is 0.471 e. The maximum Gasteiger partial charge on any atom is 0.471 e. The number of carbonyl (C=O) groups is 1. The molecule has 3 nitrogen and oxygen atoms in total. The Balaban J connectivity index is 3.25. The molecule has 6 heteroatoms. The third-order valence-corrected chi connectivity index (χ3v) is 2.13. The van der Waals surface area contributed by atoms with Crippen molar-refractivity contribution in [1.29, 1.82) is 0 Å². The fourth-order valence-corrected chi connectivity index (χ4v) is 1.25. The minimum Gasteiger partial charge on any atom is -0.396 e. The summed E-state index contributed by atoms with van der Waals surface area (Å²) in [5, 5.41) is 10.3. The van der Waals surface area contributed by atoms with Gasteiger partial charge in [0.1, 0.15) is 0 Å². The van der Waals surface area contributed by atoms with Gasteiger partial charge in [0.15, 0.2) is 0 Å². The van der Waals surface area contributed by atoms with Crippen molar-refractivity contribution in [3.63, 3.8) is 0 Å². The second-order valence-corrected chi connectivity index (χ2v) is 3.60. The van der Waals surface area contributed by atoms with Crippen molar-refractivity contribution in [1.82, 2.24) is 5.32 Å². The van der Waals surface area contributed by atoms with Crippen molar-refractivity contribution >= 4 is 5.91 Å². The van der Waals surface area contributed by atoms with Crippen LogP contribution in [0.3, 0.4) is 0 Å². The fourth-order valence-electron chi connectivity index (χ4n) is 1.25. The second kappa shape index (κ2) is 8.38. The molecule has 0 aliphatic heterocycles. The Morgan fingerprint density at radius 1 is 1.00 bits per heavy atom. The highest BCUT2D eigenvalue weighted by molar-refractivity contribution is 5.81. The first-order chi connectivity index (χ1) is 7.48. The van der Waals surface area contributed by atoms with Gasteiger partial charge in [-0.25, -0.2) is 0 Å². The molecule has 0 saturated carbocycles. The molecule has 0 saturated heterocycles. The van der Waals surface area contributed by atoms with Crippen molar-refractivity contribution in [2.24, 2.45) is 0 Å². The number of carbonyl (C=O) groups excluding carboxylic acids is 1. The number of amides is 1. The average Bonchev–Trinajstić information content (AvgIpc) is 2.20. The number of rotatable bonds is 8. The van der Waals surface area contributed by atoms with Crippen molar-refractivity contribution in [3.8, 4) is 0 Å². The summed E-state index contributed by atoms with van der Waals surface area (Å²) in [5.41, 5.74) is 0. The van der Waals surface area contributed by atoms with Crippen LogP contribution >= 0.6 is 0 Å². The Kier molecular flexibility index (Phi) is 7.97. The Hall–Kier alpha value is -0.780. The predicted molar refractivity (Wildman–Crippen MR) is 53.9 cm³/mol. The highest BCUT2D eigenvalue weighted by atomic mass is 19.4. The molecule has 0 rings (SSSR count). The van der Waals surface area contributed by atoms with Gasteiger partial charge in [0.2, 0.25) is 0 Å². The van der Waals surface area contributed by atoms with Crippen molar-refractivity contribution in [2.75, 3.05) is 13.2 Å². The van der Waals surface area contributed by atoms with E-state index in [0.717, 1.165) is 32.1 Å². The monoisotopic (exact) mass is 241 g/mol. The van der Waals surface area contributed by atoms with Gasteiger partial charge < -0.3 is 10.4 Å². The van der Waals surface area contributed by atoms with Crippen LogP contribution in [-0.4, -0.2) is 30.3 Å². The molecule has 0 atom stereocenters. The van der Waals surface area contributed by atoms with Gasteiger partial charge in [0.05, 0.1) is 0 Å². The van der Waals surface area contributed by atoms with E-state index >= 15 is 0 Å². The lowest BCUT2D eigenvalue weighted by Gasteiger charge is -2.07. The molecule has 0 unspecified atom stereocenters. The normalized spacial score (nSPS) is 11.5. The zero-order valence-corrected chi connectivity index (χ0v) is 9.15. The van der Waals surface area contributed by atoms with Gasteiger partial charge in [-0.05, 0) is 12.8 Å². The van der Waals surface area contributed by atoms with Crippen molar-refractivity contribution < 1.29 is 23.1 Å². The summed E-state index contributed by atoms with van der Waals surface area (Å²) in [4.78, 5) is 10.4. The van der Waals surface area contributed by atoms with E-state index in [1.165, 1.54) is 0 Å². The minimum atomic E-state index is -4.78. The lowest BCUT2D eigenvalue weighted by Crippen LogP contribution is -2.37. The molecule has 1 amide bonds. The third kappa shape index (κ3) is 8.52. The molecule has 2 N–H and O–H groups in total. The van der Waals surface area contributed by atoms with E-state index in [-0.39, 0.29) is 13.2 Å². The summed E-state index contributed by atoms with van der Waals surface area (Å²) in [6, 6.07) is 0. The molecule has 0 fully saturated rings. The van der Waals surface area contributed by atoms with Crippen molar-refractivity contribution in [2.45, 2.75) is 44.7 Å². The van der Waals surface area contributed by atoms with Crippen LogP contribution in [0.4, 0.5) is 13.2 Å². The molecule has 16 heavy (non-hydrogen) atoms. The first kappa shape index (κ1) is 15.2. The number of unbranched alkanes of at least 4 members (excludes halogenated alkanes) is 5. The Morgan fingerprint density at radius 3 is 2.00 bits per heavy atom. The van der Waals surface area contributed by atoms with Gasteiger partial charge in [-0.15, -0.1) is 0 Å². The summed E-state index contributed by atoms with van der Waals surface area (Å²) >= 11 is 0. The molecule has 0 aliphatic rings. The average molecular weight is 241 g/mol. The van der Waals surface area contributed by atoms with Gasteiger partial charge in [0.25, 0.3) is 0 Å². The van der Waals surface area contributed by atoms with Gasteiger partial charge in [-0.2, -0.15) is 13.2 Å². The first-order valence-electron chi connectivity index (χ1n) is 5.44. The van der Waals surface area contributed by atoms with E-state index in [9.17, 15) is 18.0 Å². The van der Waals surface area contributed by atoms with Crippen LogP contribution in [-0.2, 0) is 4.79 Å². The summed E-state index contributed by atoms with van der Waals surface area (Å²) in [6.45, 7) is 0.250. The quantitative estimate of drug-likeness (QED) is 0.638. The van der Waals surface area contributed by atoms with Crippen LogP contribution < -0.4 is 5.32 Å². The number of nitrogens with one attached hydrogen (secondary N) is 1. The van der Waals surface area contributed by atoms with Crippen LogP contribution in [0.1, 0.15) is 38.5 Å². The standard InChI is InChI=1S/C10H18F3NO2/c11-10(12,13)9(16)14-7-5-3-1-2-4-6-8-15/h15H,1-8H2,(H,14,16). The van der Waals surface area contributed by atoms with E-state index < -0.39 is 12.1 Å². The highest BCUT2D eigenvalue weighted by Gasteiger charge is 2.37. The zero-order valence-electron chi connectivity index (χ0n) is 9.15. The summed E-state index contributed by atoms with van der Waals surface area (Å²) in [5.74, 6) is -1.87. The zero-order chi connectivity index (χ0) is 12.4. The molecule has 0 aromatic heterocycles. The molecule has 0 radical (unpaired) electrons. The maximum absolute atomic E-state index is 11.7. The number of aliphatic hydroxyl groups is 1. The molecular formula is C10H18F3NO2. The number of aliphatic hydroxyl groups excluding tert-OH is 1. The third-order valence-electron chi connectivity index (χ3n) is 2.13. The number of alkyl halides is 3. The molecule has 0 aliphatic carbocycles. The molecule has 0 aromatic carbocycles. The smallest absolute Gasteiger partial charge is 0.396 e. The van der Waals surface area contributed by atoms with Crippen LogP contribution in [0.15, 0.2) is 0 Å². The van der Waals surface area contributed by atoms with E-state index in [1.807, 2.05) is 5.32 Å². The van der Waals surface area contributed by atoms with Crippen LogP contribution in [0.5, 0.6) is 0 Å². The van der Waals surface area contributed by atoms with Crippen LogP contribution in [0.2, 0.25) is 0 Å². The van der Waals surface area contributed by atoms with E-state index in [2.05, 4.69) is 0 Å². The minimum absolute atomic E-state index is 0.0678. The number of hydrogen-bond donors (Lipinski definition) is 2. The van der Waals surface area contributed by atoms with Gasteiger partial charge in [-0.3, -0.25) is 4.79 Å². The second-order valence-electron chi connectivity index (χ2n) is 3.60. The van der Waals surface area contributed by atoms with Gasteiger partial charge in [0, 0.05) is 13.2 Å². The lowest BCUT2D eigenvalue weighted by molar-refractivity contribution is -0.173. The predicted octanol–water partition coefficient (Wildman–Crippen LogP) is 2.00. The first-order valence-corrected chi connectivity index (χ1v) is 5.44. The Bertz CT molecular complexity index is 195. The molecular weight excluding hydrogens is 223 g/mol.